The van der Waals surface area contributed by atoms with Gasteiger partial charge in [-0.05, 0) is 42.5 Å². The summed E-state index contributed by atoms with van der Waals surface area (Å²) >= 11 is 7.73. The number of aromatic nitrogens is 5. The number of aromatic amines is 1. The summed E-state index contributed by atoms with van der Waals surface area (Å²) in [6.07, 6.45) is 3.59. The molecule has 0 bridgehead atoms. The minimum Gasteiger partial charge on any atom is -0.338 e. The molecule has 3 aromatic heterocycles. The molecule has 8 heteroatoms. The molecule has 0 saturated heterocycles. The zero-order valence-corrected chi connectivity index (χ0v) is 19.3. The first-order valence-corrected chi connectivity index (χ1v) is 11.8. The van der Waals surface area contributed by atoms with Crippen LogP contribution in [0.5, 0.6) is 0 Å². The van der Waals surface area contributed by atoms with Crippen molar-refractivity contribution in [3.63, 3.8) is 0 Å². The minimum atomic E-state index is 0.694. The molecule has 6 rings (SSSR count). The number of pyridine rings is 1. The molecule has 0 aliphatic rings. The Morgan fingerprint density at radius 1 is 0.794 bits per heavy atom. The van der Waals surface area contributed by atoms with Crippen molar-refractivity contribution >= 4 is 56.7 Å². The Kier molecular flexibility index (Phi) is 5.33. The van der Waals surface area contributed by atoms with Gasteiger partial charge in [0, 0.05) is 43.0 Å². The number of nitrogens with one attached hydrogen (secondary N) is 2. The van der Waals surface area contributed by atoms with Crippen LogP contribution in [-0.4, -0.2) is 25.4 Å². The van der Waals surface area contributed by atoms with Crippen molar-refractivity contribution in [2.45, 2.75) is 9.79 Å². The van der Waals surface area contributed by atoms with Gasteiger partial charge in [0.15, 0.2) is 11.5 Å². The van der Waals surface area contributed by atoms with Crippen LogP contribution in [0.25, 0.3) is 33.1 Å². The van der Waals surface area contributed by atoms with E-state index in [1.807, 2.05) is 54.6 Å². The van der Waals surface area contributed by atoms with Crippen molar-refractivity contribution in [3.05, 3.63) is 96.3 Å². The molecule has 0 aliphatic heterocycles. The second kappa shape index (κ2) is 8.78. The number of nitrogens with zero attached hydrogens (tertiary/aromatic N) is 4. The van der Waals surface area contributed by atoms with Crippen LogP contribution in [-0.2, 0) is 0 Å². The number of anilines is 2. The molecule has 3 aromatic carbocycles. The number of benzene rings is 3. The highest BCUT2D eigenvalue weighted by Crippen LogP contribution is 2.34. The van der Waals surface area contributed by atoms with Crippen LogP contribution < -0.4 is 5.32 Å². The third kappa shape index (κ3) is 3.96. The maximum absolute atomic E-state index is 6.06. The van der Waals surface area contributed by atoms with E-state index in [4.69, 9.17) is 11.6 Å². The normalized spacial score (nSPS) is 11.2. The lowest BCUT2D eigenvalue weighted by molar-refractivity contribution is 1.06. The average molecular weight is 481 g/mol. The van der Waals surface area contributed by atoms with Crippen molar-refractivity contribution < 1.29 is 0 Å². The van der Waals surface area contributed by atoms with Gasteiger partial charge < -0.3 is 5.32 Å². The van der Waals surface area contributed by atoms with Gasteiger partial charge in [-0.3, -0.25) is 5.10 Å². The summed E-state index contributed by atoms with van der Waals surface area (Å²) in [7, 11) is 0. The molecule has 0 amide bonds. The maximum Gasteiger partial charge on any atom is 0.161 e. The predicted octanol–water partition coefficient (Wildman–Crippen LogP) is 7.12. The first-order chi connectivity index (χ1) is 16.7. The molecule has 3 heterocycles. The summed E-state index contributed by atoms with van der Waals surface area (Å²) in [5.74, 6) is 0.711. The Balaban J connectivity index is 1.28. The van der Waals surface area contributed by atoms with Gasteiger partial charge in [-0.25, -0.2) is 4.98 Å². The van der Waals surface area contributed by atoms with Gasteiger partial charge in [0.2, 0.25) is 0 Å². The monoisotopic (exact) mass is 480 g/mol. The SMILES string of the molecule is Clc1ccc(-c2nnc(Nc3ccc(Sc4ccnc5[nH]ncc45)cc3)c3ccccc23)cc1. The predicted molar refractivity (Wildman–Crippen MR) is 138 cm³/mol. The standard InChI is InChI=1S/C26H17ClN6S/c27-17-7-5-16(6-8-17)24-20-3-1-2-4-21(20)26(33-31-24)30-18-9-11-19(12-10-18)34-23-13-14-28-25-22(23)15-29-32-25/h1-15H,(H,30,33)(H,28,29,32). The summed E-state index contributed by atoms with van der Waals surface area (Å²) < 4.78 is 0. The van der Waals surface area contributed by atoms with Crippen LogP contribution in [0.15, 0.2) is 101 Å². The van der Waals surface area contributed by atoms with Gasteiger partial charge in [-0.15, -0.1) is 10.2 Å². The number of hydrogen-bond acceptors (Lipinski definition) is 6. The first kappa shape index (κ1) is 20.7. The van der Waals surface area contributed by atoms with E-state index in [9.17, 15) is 0 Å². The zero-order valence-electron chi connectivity index (χ0n) is 17.7. The van der Waals surface area contributed by atoms with E-state index in [1.54, 1.807) is 24.2 Å². The molecule has 0 radical (unpaired) electrons. The molecule has 2 N–H and O–H groups in total. The molecular weight excluding hydrogens is 464 g/mol. The number of hydrogen-bond donors (Lipinski definition) is 2. The first-order valence-electron chi connectivity index (χ1n) is 10.6. The molecule has 34 heavy (non-hydrogen) atoms. The van der Waals surface area contributed by atoms with E-state index < -0.39 is 0 Å². The second-order valence-corrected chi connectivity index (χ2v) is 9.19. The van der Waals surface area contributed by atoms with Gasteiger partial charge >= 0.3 is 0 Å². The van der Waals surface area contributed by atoms with Gasteiger partial charge in [0.25, 0.3) is 0 Å². The van der Waals surface area contributed by atoms with E-state index >= 15 is 0 Å². The number of fused-ring (bicyclic) bond motifs is 2. The molecule has 0 atom stereocenters. The molecule has 6 aromatic rings. The summed E-state index contributed by atoms with van der Waals surface area (Å²) in [4.78, 5) is 6.52. The fourth-order valence-electron chi connectivity index (χ4n) is 3.80. The number of H-pyrrole nitrogens is 1. The van der Waals surface area contributed by atoms with Gasteiger partial charge in [-0.1, -0.05) is 59.8 Å². The molecule has 6 nitrogen and oxygen atoms in total. The van der Waals surface area contributed by atoms with Crippen LogP contribution >= 0.6 is 23.4 Å². The van der Waals surface area contributed by atoms with E-state index in [0.717, 1.165) is 48.5 Å². The average Bonchev–Trinajstić information content (AvgIpc) is 3.36. The topological polar surface area (TPSA) is 79.4 Å². The Morgan fingerprint density at radius 3 is 2.41 bits per heavy atom. The quantitative estimate of drug-likeness (QED) is 0.273. The summed E-state index contributed by atoms with van der Waals surface area (Å²) in [5, 5.41) is 23.2. The molecular formula is C26H17ClN6S. The van der Waals surface area contributed by atoms with Crippen molar-refractivity contribution in [1.29, 1.82) is 0 Å². The van der Waals surface area contributed by atoms with E-state index in [0.29, 0.717) is 10.8 Å². The number of halogens is 1. The van der Waals surface area contributed by atoms with Crippen molar-refractivity contribution in [2.75, 3.05) is 5.32 Å². The lowest BCUT2D eigenvalue weighted by Crippen LogP contribution is -1.99. The molecule has 0 saturated carbocycles. The second-order valence-electron chi connectivity index (χ2n) is 7.64. The Labute approximate surface area is 204 Å². The lowest BCUT2D eigenvalue weighted by Gasteiger charge is -2.12. The zero-order chi connectivity index (χ0) is 22.9. The summed E-state index contributed by atoms with van der Waals surface area (Å²) in [6.45, 7) is 0. The smallest absolute Gasteiger partial charge is 0.161 e. The summed E-state index contributed by atoms with van der Waals surface area (Å²) in [5.41, 5.74) is 3.53. The van der Waals surface area contributed by atoms with Crippen molar-refractivity contribution in [1.82, 2.24) is 25.4 Å². The third-order valence-corrected chi connectivity index (χ3v) is 6.80. The van der Waals surface area contributed by atoms with Crippen LogP contribution in [0.3, 0.4) is 0 Å². The molecule has 0 unspecified atom stereocenters. The fourth-order valence-corrected chi connectivity index (χ4v) is 4.84. The highest BCUT2D eigenvalue weighted by Gasteiger charge is 2.12. The van der Waals surface area contributed by atoms with E-state index in [-0.39, 0.29) is 0 Å². The Morgan fingerprint density at radius 2 is 1.59 bits per heavy atom. The Bertz CT molecular complexity index is 1610. The van der Waals surface area contributed by atoms with Crippen LogP contribution in [0, 0.1) is 0 Å². The molecule has 0 spiro atoms. The van der Waals surface area contributed by atoms with E-state index in [2.05, 4.69) is 55.0 Å². The lowest BCUT2D eigenvalue weighted by atomic mass is 10.0. The molecule has 0 aliphatic carbocycles. The van der Waals surface area contributed by atoms with Crippen LogP contribution in [0.4, 0.5) is 11.5 Å². The Hall–Kier alpha value is -3.94. The van der Waals surface area contributed by atoms with Crippen LogP contribution in [0.2, 0.25) is 5.02 Å². The summed E-state index contributed by atoms with van der Waals surface area (Å²) in [6, 6.07) is 26.0. The van der Waals surface area contributed by atoms with Gasteiger partial charge in [0.05, 0.1) is 11.6 Å². The van der Waals surface area contributed by atoms with Crippen molar-refractivity contribution in [2.24, 2.45) is 0 Å². The number of rotatable bonds is 5. The third-order valence-electron chi connectivity index (χ3n) is 5.46. The fraction of sp³-hybridized carbons (Fsp3) is 0. The molecule has 0 fully saturated rings. The van der Waals surface area contributed by atoms with Gasteiger partial charge in [0.1, 0.15) is 5.69 Å². The van der Waals surface area contributed by atoms with Gasteiger partial charge in [-0.2, -0.15) is 5.10 Å². The highest BCUT2D eigenvalue weighted by molar-refractivity contribution is 7.99. The molecule has 164 valence electrons. The maximum atomic E-state index is 6.06. The minimum absolute atomic E-state index is 0.694. The van der Waals surface area contributed by atoms with Crippen LogP contribution in [0.1, 0.15) is 0 Å². The highest BCUT2D eigenvalue weighted by atomic mass is 35.5. The van der Waals surface area contributed by atoms with Crippen molar-refractivity contribution in [3.8, 4) is 11.3 Å². The van der Waals surface area contributed by atoms with E-state index in [1.165, 1.54) is 0 Å². The largest absolute Gasteiger partial charge is 0.338 e.